The van der Waals surface area contributed by atoms with Crippen LogP contribution in [0.2, 0.25) is 0 Å². The number of furan rings is 2. The quantitative estimate of drug-likeness (QED) is 0.0957. The molecule has 2 aromatic heterocycles. The van der Waals surface area contributed by atoms with E-state index in [0.29, 0.717) is 0 Å². The van der Waals surface area contributed by atoms with Gasteiger partial charge in [0, 0.05) is 40.2 Å². The fraction of sp³-hybridized carbons (Fsp3) is 0.0652. The topological polar surface area (TPSA) is 38.6 Å². The second-order valence-electron chi connectivity index (χ2n) is 10.6. The molecule has 3 nitrogen and oxygen atoms in total. The molecular weight excluding hydrogens is 599 g/mol. The van der Waals surface area contributed by atoms with Crippen LogP contribution in [-0.4, -0.2) is 6.21 Å². The van der Waals surface area contributed by atoms with Crippen molar-refractivity contribution in [3.8, 4) is 0 Å². The molecule has 2 heterocycles. The standard InChI is InChI=1S/C46H43NO2/c1-5-9-12-13-14-15-16-17-18-19-20-21-25-32-47-33-26-22-24-28-39-41-35-42-40-31-30-38(37(8-4)27-11-7-3)34-44(40)49-46(42)36-45(41)48-43(39)29-23-10-6-2/h5-36H,4H2,1-3H3/b9-5+,10-6+,11-7-,13-12-,15-14-,17-16+,19-18+,21-20-,26-22+,28-24-,29-23+,32-25-,37-27+,47-33+. The summed E-state index contributed by atoms with van der Waals surface area (Å²) < 4.78 is 12.6. The average Bonchev–Trinajstić information content (AvgIpc) is 3.64. The van der Waals surface area contributed by atoms with Crippen molar-refractivity contribution in [2.45, 2.75) is 20.8 Å². The highest BCUT2D eigenvalue weighted by Gasteiger charge is 2.15. The van der Waals surface area contributed by atoms with Crippen molar-refractivity contribution in [1.82, 2.24) is 0 Å². The molecule has 0 atom stereocenters. The number of benzene rings is 2. The number of hydrogen-bond donors (Lipinski definition) is 0. The van der Waals surface area contributed by atoms with Crippen LogP contribution in [0.1, 0.15) is 37.7 Å². The molecule has 0 fully saturated rings. The number of aliphatic imine (C=N–C) groups is 1. The lowest BCUT2D eigenvalue weighted by molar-refractivity contribution is 0.601. The zero-order valence-corrected chi connectivity index (χ0v) is 28.4. The fourth-order valence-electron chi connectivity index (χ4n) is 4.83. The molecule has 4 aromatic rings. The average molecular weight is 642 g/mol. The van der Waals surface area contributed by atoms with Crippen LogP contribution in [0.15, 0.2) is 197 Å². The second-order valence-corrected chi connectivity index (χ2v) is 10.6. The summed E-state index contributed by atoms with van der Waals surface area (Å²) in [5, 5.41) is 3.12. The van der Waals surface area contributed by atoms with E-state index < -0.39 is 0 Å². The lowest BCUT2D eigenvalue weighted by Gasteiger charge is -2.01. The molecule has 0 amide bonds. The Hall–Kier alpha value is -6.19. The Morgan fingerprint density at radius 2 is 1.14 bits per heavy atom. The van der Waals surface area contributed by atoms with Gasteiger partial charge in [-0.1, -0.05) is 146 Å². The first-order valence-corrected chi connectivity index (χ1v) is 16.4. The van der Waals surface area contributed by atoms with Crippen LogP contribution < -0.4 is 0 Å². The van der Waals surface area contributed by atoms with E-state index in [1.807, 2.05) is 173 Å². The van der Waals surface area contributed by atoms with Crippen molar-refractivity contribution in [2.75, 3.05) is 0 Å². The van der Waals surface area contributed by atoms with E-state index in [2.05, 4.69) is 41.9 Å². The summed E-state index contributed by atoms with van der Waals surface area (Å²) in [6.45, 7) is 9.96. The first kappa shape index (κ1) is 35.7. The van der Waals surface area contributed by atoms with Crippen molar-refractivity contribution >= 4 is 56.8 Å². The van der Waals surface area contributed by atoms with E-state index in [1.165, 1.54) is 0 Å². The van der Waals surface area contributed by atoms with Gasteiger partial charge in [-0.2, -0.15) is 0 Å². The molecule has 0 saturated carbocycles. The van der Waals surface area contributed by atoms with Crippen molar-refractivity contribution in [1.29, 1.82) is 0 Å². The Morgan fingerprint density at radius 1 is 0.551 bits per heavy atom. The van der Waals surface area contributed by atoms with Gasteiger partial charge in [-0.25, -0.2) is 0 Å². The molecule has 0 aliphatic rings. The number of allylic oxidation sites excluding steroid dienone is 24. The van der Waals surface area contributed by atoms with Crippen molar-refractivity contribution < 1.29 is 8.83 Å². The first-order chi connectivity index (χ1) is 24.2. The zero-order valence-electron chi connectivity index (χ0n) is 28.4. The molecule has 3 heteroatoms. The summed E-state index contributed by atoms with van der Waals surface area (Å²) in [7, 11) is 0. The van der Waals surface area contributed by atoms with E-state index in [4.69, 9.17) is 8.83 Å². The molecular formula is C46H43NO2. The minimum atomic E-state index is 0.769. The maximum absolute atomic E-state index is 6.32. The molecule has 0 bridgehead atoms. The highest BCUT2D eigenvalue weighted by Crippen LogP contribution is 2.37. The van der Waals surface area contributed by atoms with Crippen LogP contribution in [-0.2, 0) is 0 Å². The van der Waals surface area contributed by atoms with E-state index in [-0.39, 0.29) is 0 Å². The van der Waals surface area contributed by atoms with E-state index in [0.717, 1.165) is 55.4 Å². The Labute approximate surface area is 290 Å². The van der Waals surface area contributed by atoms with E-state index in [9.17, 15) is 0 Å². The Bertz CT molecular complexity index is 2150. The third kappa shape index (κ3) is 10.7. The van der Waals surface area contributed by atoms with E-state index >= 15 is 0 Å². The van der Waals surface area contributed by atoms with Gasteiger partial charge >= 0.3 is 0 Å². The lowest BCUT2D eigenvalue weighted by atomic mass is 10.0. The highest BCUT2D eigenvalue weighted by molar-refractivity contribution is 6.11. The lowest BCUT2D eigenvalue weighted by Crippen LogP contribution is -1.80. The van der Waals surface area contributed by atoms with Gasteiger partial charge in [0.05, 0.1) is 0 Å². The van der Waals surface area contributed by atoms with Gasteiger partial charge in [-0.3, -0.25) is 4.99 Å². The molecule has 49 heavy (non-hydrogen) atoms. The number of fused-ring (bicyclic) bond motifs is 4. The molecule has 0 saturated heterocycles. The van der Waals surface area contributed by atoms with Crippen molar-refractivity contribution in [3.63, 3.8) is 0 Å². The van der Waals surface area contributed by atoms with Crippen LogP contribution in [0.3, 0.4) is 0 Å². The van der Waals surface area contributed by atoms with Crippen molar-refractivity contribution in [3.05, 3.63) is 200 Å². The van der Waals surface area contributed by atoms with Crippen molar-refractivity contribution in [2.24, 2.45) is 4.99 Å². The van der Waals surface area contributed by atoms with Crippen LogP contribution in [0, 0.1) is 0 Å². The molecule has 0 N–H and O–H groups in total. The molecule has 0 unspecified atom stereocenters. The highest BCUT2D eigenvalue weighted by atomic mass is 16.3. The third-order valence-electron chi connectivity index (χ3n) is 7.17. The van der Waals surface area contributed by atoms with Gasteiger partial charge in [0.1, 0.15) is 22.5 Å². The zero-order chi connectivity index (χ0) is 34.5. The minimum Gasteiger partial charge on any atom is -0.456 e. The number of rotatable bonds is 15. The summed E-state index contributed by atoms with van der Waals surface area (Å²) in [6, 6.07) is 10.4. The Kier molecular flexibility index (Phi) is 14.7. The van der Waals surface area contributed by atoms with Crippen LogP contribution >= 0.6 is 0 Å². The second kappa shape index (κ2) is 20.1. The Morgan fingerprint density at radius 3 is 1.84 bits per heavy atom. The van der Waals surface area contributed by atoms with Gasteiger partial charge < -0.3 is 8.83 Å². The summed E-state index contributed by atoms with van der Waals surface area (Å²) in [4.78, 5) is 4.31. The third-order valence-corrected chi connectivity index (χ3v) is 7.17. The first-order valence-electron chi connectivity index (χ1n) is 16.4. The molecule has 2 aromatic carbocycles. The van der Waals surface area contributed by atoms with Gasteiger partial charge in [0.2, 0.25) is 0 Å². The van der Waals surface area contributed by atoms with Gasteiger partial charge in [0.25, 0.3) is 0 Å². The minimum absolute atomic E-state index is 0.769. The molecule has 0 aliphatic carbocycles. The fourth-order valence-corrected chi connectivity index (χ4v) is 4.83. The number of hydrogen-bond acceptors (Lipinski definition) is 3. The maximum atomic E-state index is 6.32. The van der Waals surface area contributed by atoms with Gasteiger partial charge in [0.15, 0.2) is 0 Å². The monoisotopic (exact) mass is 641 g/mol. The smallest absolute Gasteiger partial charge is 0.139 e. The molecule has 4 rings (SSSR count). The van der Waals surface area contributed by atoms with Gasteiger partial charge in [-0.15, -0.1) is 0 Å². The SMILES string of the molecule is C=C/C(=C\C=C/C)c1ccc2c(c1)oc1cc3oc(/C=C/C=C/C)c(\C=C/C=C/C=N/C=C\C=C/C=C/C=C/C=C\C=C/C=C/C)c3cc12. The summed E-state index contributed by atoms with van der Waals surface area (Å²) in [5.74, 6) is 0.781. The molecule has 244 valence electrons. The predicted octanol–water partition coefficient (Wildman–Crippen LogP) is 13.6. The molecule has 0 aliphatic heterocycles. The van der Waals surface area contributed by atoms with Crippen LogP contribution in [0.4, 0.5) is 0 Å². The normalized spacial score (nSPS) is 14.4. The van der Waals surface area contributed by atoms with Crippen LogP contribution in [0.25, 0.3) is 50.6 Å². The van der Waals surface area contributed by atoms with Gasteiger partial charge in [-0.05, 0) is 68.3 Å². The van der Waals surface area contributed by atoms with E-state index in [1.54, 1.807) is 12.4 Å². The summed E-state index contributed by atoms with van der Waals surface area (Å²) >= 11 is 0. The Balaban J connectivity index is 1.47. The van der Waals surface area contributed by atoms with Crippen LogP contribution in [0.5, 0.6) is 0 Å². The maximum Gasteiger partial charge on any atom is 0.139 e. The summed E-state index contributed by atoms with van der Waals surface area (Å²) in [5.41, 5.74) is 5.47. The largest absolute Gasteiger partial charge is 0.456 e. The summed E-state index contributed by atoms with van der Waals surface area (Å²) in [6.07, 6.45) is 52.9. The molecule has 0 spiro atoms. The molecule has 0 radical (unpaired) electrons. The number of nitrogens with zero attached hydrogens (tertiary/aromatic N) is 1. The predicted molar refractivity (Wildman–Crippen MR) is 217 cm³/mol.